The summed E-state index contributed by atoms with van der Waals surface area (Å²) in [5.74, 6) is -5.12. The number of para-hydroxylation sites is 1. The first-order valence-electron chi connectivity index (χ1n) is 15.2. The number of amides is 2. The largest absolute Gasteiger partial charge is 0.507 e. The van der Waals surface area contributed by atoms with Gasteiger partial charge in [-0.05, 0) is 36.4 Å². The number of aromatic hydroxyl groups is 2. The Morgan fingerprint density at radius 2 is 1.45 bits per heavy atom. The number of phenols is 2. The Bertz CT molecular complexity index is 2300. The van der Waals surface area contributed by atoms with E-state index in [9.17, 15) is 34.7 Å². The maximum absolute atomic E-state index is 16.3. The van der Waals surface area contributed by atoms with E-state index in [-0.39, 0.29) is 72.8 Å². The normalized spacial score (nSPS) is 13.2. The summed E-state index contributed by atoms with van der Waals surface area (Å²) in [5.41, 5.74) is -2.63. The number of methoxy groups -OCH3 is 1. The third-order valence-electron chi connectivity index (χ3n) is 8.05. The second-order valence-electron chi connectivity index (χ2n) is 11.0. The Kier molecular flexibility index (Phi) is 9.40. The molecule has 0 aromatic heterocycles. The molecule has 2 amide bonds. The highest BCUT2D eigenvalue weighted by Crippen LogP contribution is 2.47. The molecular formula is C35H25ClF2N8O5. The molecule has 0 saturated heterocycles. The maximum Gasteiger partial charge on any atom is 0.262 e. The Morgan fingerprint density at radius 1 is 0.824 bits per heavy atom. The fraction of sp³-hybridized carbons (Fsp3) is 0.143. The number of phenolic OH excluding ortho intramolecular Hbond substituents is 2. The van der Waals surface area contributed by atoms with Crippen molar-refractivity contribution >= 4 is 35.3 Å². The first kappa shape index (κ1) is 34.2. The minimum absolute atomic E-state index is 0.0475. The van der Waals surface area contributed by atoms with E-state index >= 15 is 4.39 Å². The first-order chi connectivity index (χ1) is 24.6. The van der Waals surface area contributed by atoms with Crippen LogP contribution in [0.5, 0.6) is 17.2 Å². The fourth-order valence-electron chi connectivity index (χ4n) is 5.82. The van der Waals surface area contributed by atoms with Crippen molar-refractivity contribution in [2.24, 2.45) is 9.98 Å². The zero-order valence-electron chi connectivity index (χ0n) is 26.5. The molecule has 0 spiro atoms. The number of benzene rings is 4. The second-order valence-corrected chi connectivity index (χ2v) is 11.4. The number of nitrogens with zero attached hydrogens (tertiary/aromatic N) is 4. The SMILES string of the molecule is COc1c(F)cccc1-c1c(C#N)cc(-c2cc(Cl)c(-c3c(C#N)ccc(O)c3C(=O)NC3=NCCN3)cc2F)c(O)c1C(=O)NC1=NCCN1. The van der Waals surface area contributed by atoms with E-state index in [0.29, 0.717) is 26.2 Å². The quantitative estimate of drug-likeness (QED) is 0.170. The van der Waals surface area contributed by atoms with Crippen LogP contribution in [0.4, 0.5) is 8.78 Å². The summed E-state index contributed by atoms with van der Waals surface area (Å²) >= 11 is 6.71. The molecule has 6 rings (SSSR count). The molecule has 0 unspecified atom stereocenters. The number of rotatable bonds is 6. The number of halogens is 3. The lowest BCUT2D eigenvalue weighted by molar-refractivity contribution is 0.0965. The van der Waals surface area contributed by atoms with Gasteiger partial charge in [0.1, 0.15) is 17.3 Å². The molecule has 4 aromatic carbocycles. The van der Waals surface area contributed by atoms with Crippen LogP contribution >= 0.6 is 11.6 Å². The van der Waals surface area contributed by atoms with Crippen LogP contribution in [0.2, 0.25) is 5.02 Å². The van der Waals surface area contributed by atoms with Gasteiger partial charge in [-0.1, -0.05) is 23.7 Å². The predicted octanol–water partition coefficient (Wildman–Crippen LogP) is 4.16. The molecule has 51 heavy (non-hydrogen) atoms. The molecule has 0 radical (unpaired) electrons. The van der Waals surface area contributed by atoms with Crippen LogP contribution in [-0.2, 0) is 0 Å². The zero-order valence-corrected chi connectivity index (χ0v) is 27.2. The second kappa shape index (κ2) is 14.0. The monoisotopic (exact) mass is 710 g/mol. The highest BCUT2D eigenvalue weighted by molar-refractivity contribution is 6.34. The first-order valence-corrected chi connectivity index (χ1v) is 15.5. The predicted molar refractivity (Wildman–Crippen MR) is 183 cm³/mol. The van der Waals surface area contributed by atoms with Gasteiger partial charge >= 0.3 is 0 Å². The Morgan fingerprint density at radius 3 is 2.04 bits per heavy atom. The van der Waals surface area contributed by atoms with Crippen molar-refractivity contribution in [1.82, 2.24) is 21.3 Å². The zero-order chi connectivity index (χ0) is 36.4. The van der Waals surface area contributed by atoms with Crippen molar-refractivity contribution in [2.45, 2.75) is 0 Å². The Labute approximate surface area is 293 Å². The van der Waals surface area contributed by atoms with Gasteiger partial charge in [0.2, 0.25) is 0 Å². The van der Waals surface area contributed by atoms with Gasteiger partial charge in [0.25, 0.3) is 11.8 Å². The smallest absolute Gasteiger partial charge is 0.262 e. The van der Waals surface area contributed by atoms with Gasteiger partial charge < -0.3 is 25.6 Å². The standard InChI is InChI=1S/C35H25ClF2N8O5/c1-51-31-18(3-2-4-23(31)37)27-17(15-40)11-20(30(48)29(27)33(50)46-35-43-9-10-44-35)19-12-22(36)21(13-24(19)38)26-16(14-39)5-6-25(47)28(26)32(49)45-34-41-7-8-42-34/h2-6,11-13,47-48H,7-10H2,1H3,(H2,41,42,45,49)(H2,43,44,46,50). The lowest BCUT2D eigenvalue weighted by atomic mass is 9.87. The molecule has 2 aliphatic heterocycles. The van der Waals surface area contributed by atoms with E-state index in [0.717, 1.165) is 30.3 Å². The molecule has 4 aromatic rings. The van der Waals surface area contributed by atoms with Crippen molar-refractivity contribution in [1.29, 1.82) is 10.5 Å². The third kappa shape index (κ3) is 6.29. The Balaban J connectivity index is 1.56. The summed E-state index contributed by atoms with van der Waals surface area (Å²) in [6.45, 7) is 1.65. The number of guanidine groups is 2. The lowest BCUT2D eigenvalue weighted by Gasteiger charge is -2.20. The van der Waals surface area contributed by atoms with E-state index in [4.69, 9.17) is 16.3 Å². The molecule has 16 heteroatoms. The van der Waals surface area contributed by atoms with Crippen molar-refractivity contribution in [3.05, 3.63) is 87.4 Å². The average molecular weight is 711 g/mol. The third-order valence-corrected chi connectivity index (χ3v) is 8.36. The fourth-order valence-corrected chi connectivity index (χ4v) is 6.08. The number of nitriles is 2. The van der Waals surface area contributed by atoms with Crippen LogP contribution in [-0.4, -0.2) is 67.2 Å². The molecule has 0 saturated carbocycles. The van der Waals surface area contributed by atoms with Crippen LogP contribution in [0, 0.1) is 34.3 Å². The molecule has 0 fully saturated rings. The molecular weight excluding hydrogens is 686 g/mol. The molecule has 256 valence electrons. The minimum atomic E-state index is -1.06. The number of hydrogen-bond acceptors (Lipinski definition) is 11. The van der Waals surface area contributed by atoms with E-state index in [1.807, 2.05) is 12.1 Å². The van der Waals surface area contributed by atoms with Crippen molar-refractivity contribution in [3.63, 3.8) is 0 Å². The van der Waals surface area contributed by atoms with E-state index < -0.39 is 40.5 Å². The summed E-state index contributed by atoms with van der Waals surface area (Å²) in [7, 11) is 1.19. The molecule has 2 heterocycles. The van der Waals surface area contributed by atoms with Crippen molar-refractivity contribution in [2.75, 3.05) is 33.3 Å². The number of carbonyl (C=O) groups is 2. The average Bonchev–Trinajstić information content (AvgIpc) is 3.83. The molecule has 0 bridgehead atoms. The number of carbonyl (C=O) groups excluding carboxylic acids is 2. The van der Waals surface area contributed by atoms with E-state index in [1.165, 1.54) is 25.3 Å². The van der Waals surface area contributed by atoms with Crippen LogP contribution in [0.25, 0.3) is 33.4 Å². The van der Waals surface area contributed by atoms with Gasteiger partial charge in [0.05, 0.1) is 54.6 Å². The van der Waals surface area contributed by atoms with Crippen LogP contribution < -0.4 is 26.0 Å². The molecule has 6 N–H and O–H groups in total. The summed E-state index contributed by atoms with van der Waals surface area (Å²) in [6.07, 6.45) is 0. The van der Waals surface area contributed by atoms with Crippen molar-refractivity contribution < 1.29 is 33.3 Å². The van der Waals surface area contributed by atoms with E-state index in [1.54, 1.807) is 0 Å². The van der Waals surface area contributed by atoms with E-state index in [2.05, 4.69) is 31.3 Å². The van der Waals surface area contributed by atoms with Crippen LogP contribution in [0.1, 0.15) is 31.8 Å². The molecule has 0 aliphatic carbocycles. The summed E-state index contributed by atoms with van der Waals surface area (Å²) in [4.78, 5) is 35.4. The topological polar surface area (TPSA) is 204 Å². The Hall–Kier alpha value is -6.71. The summed E-state index contributed by atoms with van der Waals surface area (Å²) < 4.78 is 36.5. The van der Waals surface area contributed by atoms with Crippen molar-refractivity contribution in [3.8, 4) is 62.8 Å². The van der Waals surface area contributed by atoms with Gasteiger partial charge in [0.15, 0.2) is 23.5 Å². The van der Waals surface area contributed by atoms with Gasteiger partial charge in [-0.25, -0.2) is 8.78 Å². The summed E-state index contributed by atoms with van der Waals surface area (Å²) in [6, 6.07) is 13.1. The highest BCUT2D eigenvalue weighted by atomic mass is 35.5. The molecule has 2 aliphatic rings. The highest BCUT2D eigenvalue weighted by Gasteiger charge is 2.31. The molecule has 13 nitrogen and oxygen atoms in total. The maximum atomic E-state index is 16.3. The number of hydrogen-bond donors (Lipinski definition) is 6. The number of aliphatic imine (C=N–C) groups is 2. The summed E-state index contributed by atoms with van der Waals surface area (Å²) in [5, 5.41) is 53.2. The molecule has 0 atom stereocenters. The number of nitrogens with one attached hydrogen (secondary N) is 4. The minimum Gasteiger partial charge on any atom is -0.507 e. The van der Waals surface area contributed by atoms with Gasteiger partial charge in [-0.3, -0.25) is 30.2 Å². The number of ether oxygens (including phenoxy) is 1. The van der Waals surface area contributed by atoms with Gasteiger partial charge in [-0.15, -0.1) is 0 Å². The van der Waals surface area contributed by atoms with Gasteiger partial charge in [-0.2, -0.15) is 10.5 Å². The lowest BCUT2D eigenvalue weighted by Crippen LogP contribution is -2.38. The van der Waals surface area contributed by atoms with Gasteiger partial charge in [0, 0.05) is 51.5 Å². The van der Waals surface area contributed by atoms with Crippen LogP contribution in [0.15, 0.2) is 58.5 Å². The van der Waals surface area contributed by atoms with Crippen LogP contribution in [0.3, 0.4) is 0 Å².